The van der Waals surface area contributed by atoms with Crippen LogP contribution in [0.3, 0.4) is 0 Å². The standard InChI is InChI=1S/C25H28O5/c1-15(2)10-12-17-22(27)18-14-20(25(3,4)29)30-24(18)21(23(17)28)19(26)13-11-16-8-6-5-7-9-16/h5-11,13,20,27-29H,12,14H2,1-4H3/b13-11+. The van der Waals surface area contributed by atoms with Crippen LogP contribution in [-0.2, 0) is 12.8 Å². The summed E-state index contributed by atoms with van der Waals surface area (Å²) in [6.45, 7) is 7.07. The lowest BCUT2D eigenvalue weighted by Gasteiger charge is -2.24. The Morgan fingerprint density at radius 3 is 2.43 bits per heavy atom. The van der Waals surface area contributed by atoms with Gasteiger partial charge in [-0.3, -0.25) is 4.79 Å². The molecule has 2 aromatic carbocycles. The molecular formula is C25H28O5. The van der Waals surface area contributed by atoms with E-state index < -0.39 is 17.5 Å². The Hall–Kier alpha value is -3.05. The summed E-state index contributed by atoms with van der Waals surface area (Å²) in [5.74, 6) is -0.665. The van der Waals surface area contributed by atoms with Gasteiger partial charge in [0, 0.05) is 17.5 Å². The molecular weight excluding hydrogens is 380 g/mol. The Morgan fingerprint density at radius 1 is 1.17 bits per heavy atom. The second kappa shape index (κ2) is 8.36. The van der Waals surface area contributed by atoms with Gasteiger partial charge in [0.05, 0.1) is 5.60 Å². The number of hydrogen-bond donors (Lipinski definition) is 3. The molecule has 1 unspecified atom stereocenters. The third kappa shape index (κ3) is 4.41. The van der Waals surface area contributed by atoms with Gasteiger partial charge in [0.1, 0.15) is 28.9 Å². The van der Waals surface area contributed by atoms with Crippen molar-refractivity contribution < 1.29 is 24.9 Å². The highest BCUT2D eigenvalue weighted by Gasteiger charge is 2.40. The first-order chi connectivity index (χ1) is 14.1. The van der Waals surface area contributed by atoms with Crippen LogP contribution in [0.5, 0.6) is 17.2 Å². The summed E-state index contributed by atoms with van der Waals surface area (Å²) in [5, 5.41) is 32.1. The summed E-state index contributed by atoms with van der Waals surface area (Å²) in [4.78, 5) is 13.1. The average Bonchev–Trinajstić information content (AvgIpc) is 3.12. The van der Waals surface area contributed by atoms with Crippen molar-refractivity contribution in [3.63, 3.8) is 0 Å². The number of carbonyl (C=O) groups is 1. The maximum atomic E-state index is 13.1. The Balaban J connectivity index is 2.10. The molecule has 0 radical (unpaired) electrons. The molecule has 1 atom stereocenters. The molecule has 1 heterocycles. The quantitative estimate of drug-likeness (QED) is 0.370. The van der Waals surface area contributed by atoms with Crippen LogP contribution in [-0.4, -0.2) is 32.8 Å². The smallest absolute Gasteiger partial charge is 0.193 e. The lowest BCUT2D eigenvalue weighted by atomic mass is 9.92. The molecule has 0 aliphatic carbocycles. The van der Waals surface area contributed by atoms with E-state index in [9.17, 15) is 20.1 Å². The summed E-state index contributed by atoms with van der Waals surface area (Å²) in [6, 6.07) is 9.36. The second-order valence-corrected chi connectivity index (χ2v) is 8.42. The zero-order chi connectivity index (χ0) is 22.1. The molecule has 5 heteroatoms. The fraction of sp³-hybridized carbons (Fsp3) is 0.320. The van der Waals surface area contributed by atoms with Crippen molar-refractivity contribution in [1.82, 2.24) is 0 Å². The minimum Gasteiger partial charge on any atom is -0.507 e. The van der Waals surface area contributed by atoms with Gasteiger partial charge in [0.15, 0.2) is 5.78 Å². The van der Waals surface area contributed by atoms with Crippen molar-refractivity contribution in [3.8, 4) is 17.2 Å². The molecule has 1 aliphatic heterocycles. The van der Waals surface area contributed by atoms with E-state index in [1.165, 1.54) is 6.08 Å². The van der Waals surface area contributed by atoms with Crippen LogP contribution in [0, 0.1) is 0 Å². The molecule has 0 spiro atoms. The normalized spacial score (nSPS) is 15.7. The monoisotopic (exact) mass is 408 g/mol. The van der Waals surface area contributed by atoms with Gasteiger partial charge in [-0.1, -0.05) is 48.1 Å². The van der Waals surface area contributed by atoms with E-state index in [0.29, 0.717) is 5.56 Å². The Bertz CT molecular complexity index is 1010. The van der Waals surface area contributed by atoms with E-state index in [2.05, 4.69) is 0 Å². The molecule has 5 nitrogen and oxygen atoms in total. The molecule has 30 heavy (non-hydrogen) atoms. The van der Waals surface area contributed by atoms with Crippen molar-refractivity contribution in [2.75, 3.05) is 0 Å². The predicted molar refractivity (Wildman–Crippen MR) is 117 cm³/mol. The number of phenols is 2. The first kappa shape index (κ1) is 21.7. The molecule has 2 aromatic rings. The van der Waals surface area contributed by atoms with Gasteiger partial charge in [0.25, 0.3) is 0 Å². The molecule has 0 fully saturated rings. The largest absolute Gasteiger partial charge is 0.507 e. The number of ketones is 1. The fourth-order valence-electron chi connectivity index (χ4n) is 3.44. The number of allylic oxidation sites excluding steroid dienone is 3. The minimum absolute atomic E-state index is 0.0129. The van der Waals surface area contributed by atoms with Crippen LogP contribution in [0.15, 0.2) is 48.1 Å². The number of rotatable bonds is 6. The van der Waals surface area contributed by atoms with Crippen molar-refractivity contribution in [2.24, 2.45) is 0 Å². The highest BCUT2D eigenvalue weighted by molar-refractivity contribution is 6.11. The average molecular weight is 408 g/mol. The van der Waals surface area contributed by atoms with Gasteiger partial charge in [-0.05, 0) is 45.8 Å². The fourth-order valence-corrected chi connectivity index (χ4v) is 3.44. The van der Waals surface area contributed by atoms with Crippen LogP contribution in [0.1, 0.15) is 54.7 Å². The van der Waals surface area contributed by atoms with Crippen LogP contribution < -0.4 is 4.74 Å². The summed E-state index contributed by atoms with van der Waals surface area (Å²) in [7, 11) is 0. The van der Waals surface area contributed by atoms with Gasteiger partial charge in [0.2, 0.25) is 0 Å². The van der Waals surface area contributed by atoms with Gasteiger partial charge in [-0.15, -0.1) is 0 Å². The molecule has 1 aliphatic rings. The maximum Gasteiger partial charge on any atom is 0.193 e. The van der Waals surface area contributed by atoms with Crippen molar-refractivity contribution in [2.45, 2.75) is 52.2 Å². The first-order valence-corrected chi connectivity index (χ1v) is 9.99. The Morgan fingerprint density at radius 2 is 1.83 bits per heavy atom. The van der Waals surface area contributed by atoms with Crippen molar-refractivity contribution in [3.05, 3.63) is 70.3 Å². The SMILES string of the molecule is CC(C)=CCc1c(O)c2c(c(C(=O)/C=C/c3ccccc3)c1O)OC(C(C)(C)O)C2. The van der Waals surface area contributed by atoms with Crippen molar-refractivity contribution >= 4 is 11.9 Å². The number of fused-ring (bicyclic) bond motifs is 1. The van der Waals surface area contributed by atoms with E-state index in [-0.39, 0.29) is 41.2 Å². The van der Waals surface area contributed by atoms with E-state index >= 15 is 0 Å². The zero-order valence-electron chi connectivity index (χ0n) is 17.8. The molecule has 0 saturated carbocycles. The van der Waals surface area contributed by atoms with E-state index in [4.69, 9.17) is 4.74 Å². The van der Waals surface area contributed by atoms with Crippen LogP contribution >= 0.6 is 0 Å². The number of carbonyl (C=O) groups excluding carboxylic acids is 1. The third-order valence-electron chi connectivity index (χ3n) is 5.22. The van der Waals surface area contributed by atoms with E-state index in [0.717, 1.165) is 11.1 Å². The summed E-state index contributed by atoms with van der Waals surface area (Å²) < 4.78 is 5.88. The van der Waals surface area contributed by atoms with E-state index in [1.807, 2.05) is 50.3 Å². The number of phenolic OH excluding ortho intramolecular Hbond substituents is 2. The molecule has 0 amide bonds. The summed E-state index contributed by atoms with van der Waals surface area (Å²) in [6.07, 6.45) is 4.81. The van der Waals surface area contributed by atoms with Crippen LogP contribution in [0.25, 0.3) is 6.08 Å². The summed E-state index contributed by atoms with van der Waals surface area (Å²) >= 11 is 0. The van der Waals surface area contributed by atoms with Crippen LogP contribution in [0.2, 0.25) is 0 Å². The lowest BCUT2D eigenvalue weighted by Crippen LogP contribution is -2.39. The highest BCUT2D eigenvalue weighted by Crippen LogP contribution is 2.48. The molecule has 0 bridgehead atoms. The zero-order valence-corrected chi connectivity index (χ0v) is 17.8. The Labute approximate surface area is 177 Å². The van der Waals surface area contributed by atoms with Gasteiger partial charge in [-0.2, -0.15) is 0 Å². The summed E-state index contributed by atoms with van der Waals surface area (Å²) in [5.41, 5.74) is 1.43. The first-order valence-electron chi connectivity index (χ1n) is 9.99. The van der Waals surface area contributed by atoms with E-state index in [1.54, 1.807) is 19.9 Å². The number of ether oxygens (including phenoxy) is 1. The number of aromatic hydroxyl groups is 2. The molecule has 0 aromatic heterocycles. The maximum absolute atomic E-state index is 13.1. The molecule has 0 saturated heterocycles. The predicted octanol–water partition coefficient (Wildman–Crippen LogP) is 4.58. The second-order valence-electron chi connectivity index (χ2n) is 8.42. The van der Waals surface area contributed by atoms with Gasteiger partial charge >= 0.3 is 0 Å². The minimum atomic E-state index is -1.18. The number of aliphatic hydroxyl groups is 1. The molecule has 158 valence electrons. The topological polar surface area (TPSA) is 87.0 Å². The lowest BCUT2D eigenvalue weighted by molar-refractivity contribution is -0.0232. The Kier molecular flexibility index (Phi) is 6.04. The van der Waals surface area contributed by atoms with Gasteiger partial charge in [-0.25, -0.2) is 0 Å². The van der Waals surface area contributed by atoms with Crippen molar-refractivity contribution in [1.29, 1.82) is 0 Å². The molecule has 3 rings (SSSR count). The molecule has 3 N–H and O–H groups in total. The van der Waals surface area contributed by atoms with Gasteiger partial charge < -0.3 is 20.1 Å². The van der Waals surface area contributed by atoms with Crippen LogP contribution in [0.4, 0.5) is 0 Å². The number of hydrogen-bond acceptors (Lipinski definition) is 5. The number of benzene rings is 2. The highest BCUT2D eigenvalue weighted by atomic mass is 16.5. The third-order valence-corrected chi connectivity index (χ3v) is 5.22.